The Morgan fingerprint density at radius 2 is 1.96 bits per heavy atom. The van der Waals surface area contributed by atoms with Crippen LogP contribution < -0.4 is 10.1 Å². The van der Waals surface area contributed by atoms with E-state index in [0.717, 1.165) is 25.3 Å². The van der Waals surface area contributed by atoms with E-state index in [9.17, 15) is 0 Å². The third-order valence-corrected chi connectivity index (χ3v) is 5.49. The number of benzene rings is 2. The van der Waals surface area contributed by atoms with E-state index in [1.807, 2.05) is 0 Å². The number of methoxy groups -OCH3 is 1. The van der Waals surface area contributed by atoms with Gasteiger partial charge in [0.25, 0.3) is 0 Å². The molecule has 136 valence electrons. The summed E-state index contributed by atoms with van der Waals surface area (Å²) in [4.78, 5) is 0. The molecule has 0 bridgehead atoms. The van der Waals surface area contributed by atoms with Gasteiger partial charge in [-0.05, 0) is 57.8 Å². The lowest BCUT2D eigenvalue weighted by atomic mass is 9.94. The molecular weight excluding hydrogens is 342 g/mol. The molecule has 4 heteroatoms. The molecule has 26 heavy (non-hydrogen) atoms. The highest BCUT2D eigenvalue weighted by molar-refractivity contribution is 7.08. The van der Waals surface area contributed by atoms with Crippen molar-refractivity contribution in [3.63, 3.8) is 0 Å². The first-order valence-electron chi connectivity index (χ1n) is 9.29. The summed E-state index contributed by atoms with van der Waals surface area (Å²) in [5, 5.41) is 10.5. The van der Waals surface area contributed by atoms with Crippen molar-refractivity contribution >= 4 is 22.1 Å². The van der Waals surface area contributed by atoms with Gasteiger partial charge < -0.3 is 14.8 Å². The van der Waals surface area contributed by atoms with Crippen LogP contribution in [-0.4, -0.2) is 26.4 Å². The molecule has 2 aromatic carbocycles. The average Bonchev–Trinajstić information content (AvgIpc) is 3.35. The summed E-state index contributed by atoms with van der Waals surface area (Å²) >= 11 is 1.75. The second-order valence-electron chi connectivity index (χ2n) is 6.82. The van der Waals surface area contributed by atoms with Crippen LogP contribution in [0.15, 0.2) is 47.2 Å². The van der Waals surface area contributed by atoms with Gasteiger partial charge in [-0.3, -0.25) is 0 Å². The maximum Gasteiger partial charge on any atom is 0.127 e. The van der Waals surface area contributed by atoms with Crippen molar-refractivity contribution in [2.75, 3.05) is 20.3 Å². The molecule has 1 heterocycles. The molecule has 0 saturated heterocycles. The Balaban J connectivity index is 1.74. The predicted molar refractivity (Wildman–Crippen MR) is 109 cm³/mol. The van der Waals surface area contributed by atoms with Crippen LogP contribution >= 0.6 is 11.3 Å². The van der Waals surface area contributed by atoms with Gasteiger partial charge in [0, 0.05) is 38.1 Å². The number of rotatable bonds is 9. The Kier molecular flexibility index (Phi) is 5.54. The topological polar surface area (TPSA) is 30.5 Å². The van der Waals surface area contributed by atoms with Crippen LogP contribution in [0.5, 0.6) is 5.75 Å². The van der Waals surface area contributed by atoms with E-state index in [2.05, 4.69) is 52.5 Å². The fourth-order valence-corrected chi connectivity index (χ4v) is 3.98. The second kappa shape index (κ2) is 8.21. The Hall–Kier alpha value is -1.88. The lowest BCUT2D eigenvalue weighted by Gasteiger charge is -2.17. The van der Waals surface area contributed by atoms with Gasteiger partial charge in [-0.15, -0.1) is 0 Å². The van der Waals surface area contributed by atoms with Gasteiger partial charge in [-0.2, -0.15) is 11.3 Å². The highest BCUT2D eigenvalue weighted by Crippen LogP contribution is 2.39. The smallest absolute Gasteiger partial charge is 0.127 e. The minimum atomic E-state index is 0.672. The molecule has 3 aromatic rings. The van der Waals surface area contributed by atoms with Crippen molar-refractivity contribution in [1.82, 2.24) is 5.32 Å². The van der Waals surface area contributed by atoms with Gasteiger partial charge in [0.05, 0.1) is 6.61 Å². The Morgan fingerprint density at radius 1 is 1.12 bits per heavy atom. The molecule has 1 N–H and O–H groups in total. The first-order chi connectivity index (χ1) is 12.9. The fourth-order valence-electron chi connectivity index (χ4n) is 3.33. The standard InChI is InChI=1S/C22H25NO2S/c1-24-10-4-11-25-21-13-17(14-23-18-7-8-18)22(16-9-12-26-15-16)20-6-3-2-5-19(20)21/h2-3,5-6,9,12-13,15,18,23H,4,7-8,10-11,14H2,1H3. The zero-order valence-corrected chi connectivity index (χ0v) is 16.0. The van der Waals surface area contributed by atoms with Crippen molar-refractivity contribution in [3.8, 4) is 16.9 Å². The van der Waals surface area contributed by atoms with E-state index in [0.29, 0.717) is 12.6 Å². The highest BCUT2D eigenvalue weighted by atomic mass is 32.1. The Labute approximate surface area is 159 Å². The summed E-state index contributed by atoms with van der Waals surface area (Å²) in [6.07, 6.45) is 3.48. The summed E-state index contributed by atoms with van der Waals surface area (Å²) in [5.74, 6) is 0.975. The average molecular weight is 368 g/mol. The van der Waals surface area contributed by atoms with Crippen LogP contribution in [0.3, 0.4) is 0 Å². The number of hydrogen-bond donors (Lipinski definition) is 1. The molecule has 1 saturated carbocycles. The number of fused-ring (bicyclic) bond motifs is 1. The zero-order chi connectivity index (χ0) is 17.8. The van der Waals surface area contributed by atoms with Gasteiger partial charge in [-0.25, -0.2) is 0 Å². The largest absolute Gasteiger partial charge is 0.493 e. The number of hydrogen-bond acceptors (Lipinski definition) is 4. The van der Waals surface area contributed by atoms with Crippen LogP contribution in [0.4, 0.5) is 0 Å². The van der Waals surface area contributed by atoms with Gasteiger partial charge in [0.2, 0.25) is 0 Å². The molecule has 1 aromatic heterocycles. The molecule has 0 atom stereocenters. The van der Waals surface area contributed by atoms with Crippen molar-refractivity contribution in [3.05, 3.63) is 52.7 Å². The van der Waals surface area contributed by atoms with E-state index >= 15 is 0 Å². The molecule has 1 fully saturated rings. The lowest BCUT2D eigenvalue weighted by molar-refractivity contribution is 0.172. The summed E-state index contributed by atoms with van der Waals surface area (Å²) < 4.78 is 11.3. The normalized spacial score (nSPS) is 14.0. The highest BCUT2D eigenvalue weighted by Gasteiger charge is 2.22. The third-order valence-electron chi connectivity index (χ3n) is 4.81. The summed E-state index contributed by atoms with van der Waals surface area (Å²) in [7, 11) is 1.73. The summed E-state index contributed by atoms with van der Waals surface area (Å²) in [6.45, 7) is 2.28. The molecule has 3 nitrogen and oxygen atoms in total. The number of nitrogens with one attached hydrogen (secondary N) is 1. The maximum atomic E-state index is 6.15. The minimum absolute atomic E-state index is 0.672. The maximum absolute atomic E-state index is 6.15. The SMILES string of the molecule is COCCCOc1cc(CNC2CC2)c(-c2ccsc2)c2ccccc12. The molecule has 0 radical (unpaired) electrons. The van der Waals surface area contributed by atoms with Crippen molar-refractivity contribution < 1.29 is 9.47 Å². The van der Waals surface area contributed by atoms with E-state index < -0.39 is 0 Å². The quantitative estimate of drug-likeness (QED) is 0.525. The van der Waals surface area contributed by atoms with Gasteiger partial charge in [0.15, 0.2) is 0 Å². The molecule has 0 unspecified atom stereocenters. The summed E-state index contributed by atoms with van der Waals surface area (Å²) in [6, 6.07) is 13.7. The zero-order valence-electron chi connectivity index (χ0n) is 15.2. The molecule has 0 aliphatic heterocycles. The second-order valence-corrected chi connectivity index (χ2v) is 7.60. The van der Waals surface area contributed by atoms with Crippen molar-refractivity contribution in [2.24, 2.45) is 0 Å². The first-order valence-corrected chi connectivity index (χ1v) is 10.2. The summed E-state index contributed by atoms with van der Waals surface area (Å²) in [5.41, 5.74) is 3.94. The van der Waals surface area contributed by atoms with Crippen molar-refractivity contribution in [2.45, 2.75) is 31.8 Å². The minimum Gasteiger partial charge on any atom is -0.493 e. The predicted octanol–water partition coefficient (Wildman–Crippen LogP) is 5.24. The number of thiophene rings is 1. The van der Waals surface area contributed by atoms with E-state index in [4.69, 9.17) is 9.47 Å². The molecule has 4 rings (SSSR count). The van der Waals surface area contributed by atoms with Gasteiger partial charge in [0.1, 0.15) is 5.75 Å². The van der Waals surface area contributed by atoms with Crippen LogP contribution in [0, 0.1) is 0 Å². The molecule has 1 aliphatic rings. The molecule has 1 aliphatic carbocycles. The molecule has 0 amide bonds. The number of ether oxygens (including phenoxy) is 2. The monoisotopic (exact) mass is 367 g/mol. The van der Waals surface area contributed by atoms with E-state index in [1.54, 1.807) is 18.4 Å². The van der Waals surface area contributed by atoms with E-state index in [-0.39, 0.29) is 0 Å². The van der Waals surface area contributed by atoms with Gasteiger partial charge >= 0.3 is 0 Å². The van der Waals surface area contributed by atoms with Crippen molar-refractivity contribution in [1.29, 1.82) is 0 Å². The third kappa shape index (κ3) is 3.93. The van der Waals surface area contributed by atoms with Crippen LogP contribution in [0.25, 0.3) is 21.9 Å². The van der Waals surface area contributed by atoms with Gasteiger partial charge in [-0.1, -0.05) is 24.3 Å². The molecule has 0 spiro atoms. The van der Waals surface area contributed by atoms with Crippen LogP contribution in [0.1, 0.15) is 24.8 Å². The molecular formula is C22H25NO2S. The lowest BCUT2D eigenvalue weighted by Crippen LogP contribution is -2.16. The van der Waals surface area contributed by atoms with Crippen LogP contribution in [0.2, 0.25) is 0 Å². The van der Waals surface area contributed by atoms with Crippen LogP contribution in [-0.2, 0) is 11.3 Å². The fraction of sp³-hybridized carbons (Fsp3) is 0.364. The first kappa shape index (κ1) is 17.5. The Bertz CT molecular complexity index is 856. The van der Waals surface area contributed by atoms with E-state index in [1.165, 1.54) is 40.3 Å². The Morgan fingerprint density at radius 3 is 2.69 bits per heavy atom.